The van der Waals surface area contributed by atoms with Gasteiger partial charge in [-0.1, -0.05) is 6.92 Å². The Labute approximate surface area is 169 Å². The van der Waals surface area contributed by atoms with E-state index in [0.29, 0.717) is 23.1 Å². The van der Waals surface area contributed by atoms with E-state index in [1.807, 2.05) is 19.1 Å². The van der Waals surface area contributed by atoms with Gasteiger partial charge >= 0.3 is 0 Å². The van der Waals surface area contributed by atoms with Gasteiger partial charge in [-0.3, -0.25) is 20.4 Å². The third kappa shape index (κ3) is 5.62. The standard InChI is InChI=1S/C19H22N6O3S/c1-3-13(2)21-19-22-17(14-5-4-10-20-12-14)11-18(23-19)25-24-15-6-8-16(9-7-15)29(26,27)28/h4-13,24H,3H2,1-2H3,(H,26,27,28)(H2,21,22,23,25)/t13-/m0/s1. The average Bonchev–Trinajstić information content (AvgIpc) is 2.72. The highest BCUT2D eigenvalue weighted by Gasteiger charge is 2.10. The van der Waals surface area contributed by atoms with E-state index < -0.39 is 10.1 Å². The molecule has 3 aromatic rings. The number of nitrogens with one attached hydrogen (secondary N) is 3. The maximum atomic E-state index is 11.1. The van der Waals surface area contributed by atoms with Crippen LogP contribution in [0.3, 0.4) is 0 Å². The molecule has 152 valence electrons. The Bertz CT molecular complexity index is 1060. The predicted octanol–water partition coefficient (Wildman–Crippen LogP) is 3.43. The number of hydrogen-bond acceptors (Lipinski definition) is 8. The van der Waals surface area contributed by atoms with Crippen LogP contribution >= 0.6 is 0 Å². The Balaban J connectivity index is 1.82. The summed E-state index contributed by atoms with van der Waals surface area (Å²) in [5.74, 6) is 0.996. The smallest absolute Gasteiger partial charge is 0.294 e. The van der Waals surface area contributed by atoms with Gasteiger partial charge in [-0.2, -0.15) is 13.4 Å². The van der Waals surface area contributed by atoms with Gasteiger partial charge in [0.05, 0.1) is 16.3 Å². The van der Waals surface area contributed by atoms with Crippen LogP contribution in [0.4, 0.5) is 17.5 Å². The Hall–Kier alpha value is -3.24. The molecule has 0 saturated carbocycles. The fraction of sp³-hybridized carbons (Fsp3) is 0.211. The molecule has 2 heterocycles. The number of benzene rings is 1. The molecule has 10 heteroatoms. The minimum atomic E-state index is -4.23. The molecule has 2 aromatic heterocycles. The van der Waals surface area contributed by atoms with Gasteiger partial charge in [0.25, 0.3) is 10.1 Å². The number of aromatic nitrogens is 3. The minimum absolute atomic E-state index is 0.177. The topological polar surface area (TPSA) is 129 Å². The van der Waals surface area contributed by atoms with Crippen LogP contribution in [0.2, 0.25) is 0 Å². The van der Waals surface area contributed by atoms with E-state index in [0.717, 1.165) is 12.0 Å². The summed E-state index contributed by atoms with van der Waals surface area (Å²) in [5, 5.41) is 3.26. The van der Waals surface area contributed by atoms with Crippen molar-refractivity contribution in [2.45, 2.75) is 31.2 Å². The number of hydrogen-bond donors (Lipinski definition) is 4. The Morgan fingerprint density at radius 3 is 2.48 bits per heavy atom. The van der Waals surface area contributed by atoms with Gasteiger partial charge in [0.2, 0.25) is 5.95 Å². The average molecular weight is 414 g/mol. The molecule has 9 nitrogen and oxygen atoms in total. The maximum absolute atomic E-state index is 11.1. The van der Waals surface area contributed by atoms with E-state index in [2.05, 4.69) is 38.0 Å². The van der Waals surface area contributed by atoms with Crippen molar-refractivity contribution in [3.05, 3.63) is 54.9 Å². The van der Waals surface area contributed by atoms with Crippen LogP contribution in [0.1, 0.15) is 20.3 Å². The molecule has 0 amide bonds. The first-order valence-electron chi connectivity index (χ1n) is 9.00. The Morgan fingerprint density at radius 2 is 1.86 bits per heavy atom. The van der Waals surface area contributed by atoms with Crippen molar-refractivity contribution < 1.29 is 13.0 Å². The molecule has 4 N–H and O–H groups in total. The first-order valence-corrected chi connectivity index (χ1v) is 10.4. The third-order valence-electron chi connectivity index (χ3n) is 4.16. The van der Waals surface area contributed by atoms with E-state index in [1.54, 1.807) is 18.5 Å². The second-order valence-electron chi connectivity index (χ2n) is 6.41. The van der Waals surface area contributed by atoms with Crippen LogP contribution in [0, 0.1) is 0 Å². The minimum Gasteiger partial charge on any atom is -0.352 e. The fourth-order valence-electron chi connectivity index (χ4n) is 2.41. The van der Waals surface area contributed by atoms with E-state index in [9.17, 15) is 8.42 Å². The van der Waals surface area contributed by atoms with Crippen LogP contribution in [0.15, 0.2) is 59.8 Å². The maximum Gasteiger partial charge on any atom is 0.294 e. The SMILES string of the molecule is CC[C@H](C)Nc1nc(NNc2ccc(S(=O)(=O)O)cc2)cc(-c2cccnc2)n1. The van der Waals surface area contributed by atoms with Crippen molar-refractivity contribution in [3.63, 3.8) is 0 Å². The van der Waals surface area contributed by atoms with Crippen molar-refractivity contribution in [2.75, 3.05) is 16.2 Å². The molecule has 1 aromatic carbocycles. The molecule has 0 bridgehead atoms. The summed E-state index contributed by atoms with van der Waals surface area (Å²) < 4.78 is 31.3. The molecule has 0 aliphatic heterocycles. The zero-order valence-corrected chi connectivity index (χ0v) is 16.8. The van der Waals surface area contributed by atoms with E-state index in [-0.39, 0.29) is 10.9 Å². The van der Waals surface area contributed by atoms with E-state index >= 15 is 0 Å². The second kappa shape index (κ2) is 8.84. The van der Waals surface area contributed by atoms with E-state index in [1.165, 1.54) is 24.3 Å². The third-order valence-corrected chi connectivity index (χ3v) is 5.03. The summed E-state index contributed by atoms with van der Waals surface area (Å²) in [7, 11) is -4.23. The lowest BCUT2D eigenvalue weighted by Gasteiger charge is -2.15. The highest BCUT2D eigenvalue weighted by atomic mass is 32.2. The van der Waals surface area contributed by atoms with E-state index in [4.69, 9.17) is 4.55 Å². The molecule has 0 saturated heterocycles. The van der Waals surface area contributed by atoms with Crippen molar-refractivity contribution >= 4 is 27.6 Å². The van der Waals surface area contributed by atoms with Crippen molar-refractivity contribution in [3.8, 4) is 11.3 Å². The van der Waals surface area contributed by atoms with Gasteiger partial charge in [0.15, 0.2) is 5.82 Å². The molecule has 0 unspecified atom stereocenters. The summed E-state index contributed by atoms with van der Waals surface area (Å²) in [6.45, 7) is 4.11. The summed E-state index contributed by atoms with van der Waals surface area (Å²) >= 11 is 0. The molecule has 1 atom stereocenters. The van der Waals surface area contributed by atoms with Crippen molar-refractivity contribution in [1.29, 1.82) is 0 Å². The molecule has 0 aliphatic rings. The van der Waals surface area contributed by atoms with Gasteiger partial charge in [-0.15, -0.1) is 0 Å². The van der Waals surface area contributed by atoms with Crippen LogP contribution in [-0.4, -0.2) is 34.0 Å². The Kier molecular flexibility index (Phi) is 6.25. The molecular formula is C19H22N6O3S. The number of anilines is 3. The fourth-order valence-corrected chi connectivity index (χ4v) is 2.89. The molecule has 0 fully saturated rings. The Morgan fingerprint density at radius 1 is 1.10 bits per heavy atom. The summed E-state index contributed by atoms with van der Waals surface area (Å²) in [6.07, 6.45) is 4.34. The molecule has 0 radical (unpaired) electrons. The molecule has 0 spiro atoms. The van der Waals surface area contributed by atoms with Gasteiger partial charge < -0.3 is 5.32 Å². The van der Waals surface area contributed by atoms with Crippen LogP contribution in [-0.2, 0) is 10.1 Å². The van der Waals surface area contributed by atoms with Crippen LogP contribution in [0.5, 0.6) is 0 Å². The normalized spacial score (nSPS) is 12.2. The molecule has 0 aliphatic carbocycles. The lowest BCUT2D eigenvalue weighted by Crippen LogP contribution is -2.17. The molecule has 29 heavy (non-hydrogen) atoms. The van der Waals surface area contributed by atoms with Gasteiger partial charge in [-0.05, 0) is 49.7 Å². The van der Waals surface area contributed by atoms with Crippen LogP contribution < -0.4 is 16.2 Å². The zero-order chi connectivity index (χ0) is 20.9. The summed E-state index contributed by atoms with van der Waals surface area (Å²) in [5.41, 5.74) is 8.08. The predicted molar refractivity (Wildman–Crippen MR) is 112 cm³/mol. The number of rotatable bonds is 8. The second-order valence-corrected chi connectivity index (χ2v) is 7.83. The number of hydrazine groups is 1. The summed E-state index contributed by atoms with van der Waals surface area (Å²) in [6, 6.07) is 11.4. The van der Waals surface area contributed by atoms with Crippen molar-refractivity contribution in [2.24, 2.45) is 0 Å². The first-order chi connectivity index (χ1) is 13.8. The largest absolute Gasteiger partial charge is 0.352 e. The van der Waals surface area contributed by atoms with Crippen LogP contribution in [0.25, 0.3) is 11.3 Å². The lowest BCUT2D eigenvalue weighted by molar-refractivity contribution is 0.483. The number of pyridine rings is 1. The highest BCUT2D eigenvalue weighted by Crippen LogP contribution is 2.22. The lowest BCUT2D eigenvalue weighted by atomic mass is 10.2. The first kappa shape index (κ1) is 20.5. The highest BCUT2D eigenvalue weighted by molar-refractivity contribution is 7.85. The molecule has 3 rings (SSSR count). The zero-order valence-electron chi connectivity index (χ0n) is 16.0. The quantitative estimate of drug-likeness (QED) is 0.323. The van der Waals surface area contributed by atoms with Crippen molar-refractivity contribution in [1.82, 2.24) is 15.0 Å². The number of nitrogens with zero attached hydrogens (tertiary/aromatic N) is 3. The molecular weight excluding hydrogens is 392 g/mol. The monoisotopic (exact) mass is 414 g/mol. The van der Waals surface area contributed by atoms with Gasteiger partial charge in [-0.25, -0.2) is 4.98 Å². The van der Waals surface area contributed by atoms with Gasteiger partial charge in [0.1, 0.15) is 0 Å². The summed E-state index contributed by atoms with van der Waals surface area (Å²) in [4.78, 5) is 13.0. The van der Waals surface area contributed by atoms with Gasteiger partial charge in [0, 0.05) is 30.1 Å².